The maximum absolute atomic E-state index is 10.1. The van der Waals surface area contributed by atoms with Gasteiger partial charge in [0, 0.05) is 0 Å². The van der Waals surface area contributed by atoms with E-state index in [0.29, 0.717) is 6.61 Å². The summed E-state index contributed by atoms with van der Waals surface area (Å²) in [5.74, 6) is 0. The number of hydrogen-bond donors (Lipinski definition) is 2. The molecule has 0 unspecified atom stereocenters. The van der Waals surface area contributed by atoms with Gasteiger partial charge >= 0.3 is 0 Å². The molecule has 0 aromatic heterocycles. The molecule has 0 aliphatic heterocycles. The SMILES string of the molecule is CCCCCCCCCCCCC/C=C/[C@@H](N)[C@H](O)COCc1ccccc1. The minimum absolute atomic E-state index is 0.263. The molecular formula is C25H43NO2. The third kappa shape index (κ3) is 13.9. The van der Waals surface area contributed by atoms with Crippen molar-refractivity contribution in [3.63, 3.8) is 0 Å². The van der Waals surface area contributed by atoms with Crippen LogP contribution < -0.4 is 5.73 Å². The number of ether oxygens (including phenoxy) is 1. The number of aliphatic hydroxyl groups is 1. The number of benzene rings is 1. The third-order valence-corrected chi connectivity index (χ3v) is 5.18. The zero-order valence-electron chi connectivity index (χ0n) is 18.0. The Balaban J connectivity index is 1.92. The average molecular weight is 390 g/mol. The van der Waals surface area contributed by atoms with Gasteiger partial charge in [-0.1, -0.05) is 114 Å². The van der Waals surface area contributed by atoms with Crippen LogP contribution in [0.15, 0.2) is 42.5 Å². The number of rotatable bonds is 18. The second-order valence-corrected chi connectivity index (χ2v) is 7.90. The maximum atomic E-state index is 10.1. The molecule has 0 spiro atoms. The van der Waals surface area contributed by atoms with Crippen LogP contribution in [-0.2, 0) is 11.3 Å². The predicted molar refractivity (Wildman–Crippen MR) is 120 cm³/mol. The molecule has 0 saturated carbocycles. The Bertz CT molecular complexity index is 475. The van der Waals surface area contributed by atoms with Gasteiger partial charge in [-0.05, 0) is 18.4 Å². The number of nitrogens with two attached hydrogens (primary N) is 1. The quantitative estimate of drug-likeness (QED) is 0.234. The van der Waals surface area contributed by atoms with Gasteiger partial charge in [-0.15, -0.1) is 0 Å². The van der Waals surface area contributed by atoms with E-state index in [9.17, 15) is 5.11 Å². The molecule has 0 fully saturated rings. The van der Waals surface area contributed by atoms with E-state index in [1.54, 1.807) is 0 Å². The van der Waals surface area contributed by atoms with Crippen molar-refractivity contribution in [2.45, 2.75) is 103 Å². The van der Waals surface area contributed by atoms with Crippen molar-refractivity contribution in [3.8, 4) is 0 Å². The van der Waals surface area contributed by atoms with Crippen LogP contribution in [0, 0.1) is 0 Å². The molecule has 1 aromatic carbocycles. The normalized spacial score (nSPS) is 13.8. The molecule has 0 saturated heterocycles. The molecule has 0 amide bonds. The number of hydrogen-bond acceptors (Lipinski definition) is 3. The van der Waals surface area contributed by atoms with Crippen molar-refractivity contribution in [2.24, 2.45) is 5.73 Å². The Labute approximate surface area is 173 Å². The molecule has 28 heavy (non-hydrogen) atoms. The second kappa shape index (κ2) is 17.9. The van der Waals surface area contributed by atoms with Gasteiger partial charge in [0.1, 0.15) is 0 Å². The molecule has 2 atom stereocenters. The molecule has 0 radical (unpaired) electrons. The van der Waals surface area contributed by atoms with Crippen molar-refractivity contribution >= 4 is 0 Å². The Kier molecular flexibility index (Phi) is 15.9. The summed E-state index contributed by atoms with van der Waals surface area (Å²) < 4.78 is 5.56. The van der Waals surface area contributed by atoms with Gasteiger partial charge in [0.15, 0.2) is 0 Å². The van der Waals surface area contributed by atoms with E-state index < -0.39 is 6.10 Å². The van der Waals surface area contributed by atoms with Crippen LogP contribution in [0.1, 0.15) is 89.5 Å². The molecule has 0 aliphatic rings. The summed E-state index contributed by atoms with van der Waals surface area (Å²) in [6.45, 7) is 3.04. The molecule has 0 aliphatic carbocycles. The lowest BCUT2D eigenvalue weighted by Crippen LogP contribution is -2.36. The van der Waals surface area contributed by atoms with E-state index in [4.69, 9.17) is 10.5 Å². The van der Waals surface area contributed by atoms with Crippen molar-refractivity contribution in [3.05, 3.63) is 48.0 Å². The highest BCUT2D eigenvalue weighted by atomic mass is 16.5. The largest absolute Gasteiger partial charge is 0.389 e. The summed E-state index contributed by atoms with van der Waals surface area (Å²) >= 11 is 0. The van der Waals surface area contributed by atoms with Gasteiger partial charge in [-0.25, -0.2) is 0 Å². The number of unbranched alkanes of at least 4 members (excludes halogenated alkanes) is 11. The summed E-state index contributed by atoms with van der Waals surface area (Å²) in [5, 5.41) is 10.1. The highest BCUT2D eigenvalue weighted by Crippen LogP contribution is 2.12. The lowest BCUT2D eigenvalue weighted by Gasteiger charge is -2.15. The van der Waals surface area contributed by atoms with E-state index in [2.05, 4.69) is 13.0 Å². The smallest absolute Gasteiger partial charge is 0.0959 e. The first-order valence-electron chi connectivity index (χ1n) is 11.5. The first-order chi connectivity index (χ1) is 13.7. The lowest BCUT2D eigenvalue weighted by atomic mass is 10.0. The Morgan fingerprint density at radius 2 is 1.46 bits per heavy atom. The summed E-state index contributed by atoms with van der Waals surface area (Å²) in [4.78, 5) is 0. The minimum atomic E-state index is -0.655. The topological polar surface area (TPSA) is 55.5 Å². The van der Waals surface area contributed by atoms with Crippen LogP contribution in [0.4, 0.5) is 0 Å². The summed E-state index contributed by atoms with van der Waals surface area (Å²) in [6.07, 6.45) is 19.4. The zero-order valence-corrected chi connectivity index (χ0v) is 18.0. The zero-order chi connectivity index (χ0) is 20.3. The number of aliphatic hydroxyl groups excluding tert-OH is 1. The van der Waals surface area contributed by atoms with Crippen molar-refractivity contribution in [2.75, 3.05) is 6.61 Å². The maximum Gasteiger partial charge on any atom is 0.0959 e. The highest BCUT2D eigenvalue weighted by molar-refractivity contribution is 5.13. The molecule has 1 aromatic rings. The van der Waals surface area contributed by atoms with Gasteiger partial charge in [0.05, 0.1) is 25.4 Å². The monoisotopic (exact) mass is 389 g/mol. The molecular weight excluding hydrogens is 346 g/mol. The van der Waals surface area contributed by atoms with Crippen LogP contribution >= 0.6 is 0 Å². The molecule has 1 rings (SSSR count). The third-order valence-electron chi connectivity index (χ3n) is 5.18. The molecule has 160 valence electrons. The van der Waals surface area contributed by atoms with E-state index in [1.807, 2.05) is 36.4 Å². The lowest BCUT2D eigenvalue weighted by molar-refractivity contribution is 0.0229. The van der Waals surface area contributed by atoms with Gasteiger partial charge < -0.3 is 15.6 Å². The van der Waals surface area contributed by atoms with E-state index in [-0.39, 0.29) is 12.6 Å². The molecule has 0 bridgehead atoms. The fourth-order valence-electron chi connectivity index (χ4n) is 3.29. The van der Waals surface area contributed by atoms with Gasteiger partial charge in [0.2, 0.25) is 0 Å². The second-order valence-electron chi connectivity index (χ2n) is 7.90. The predicted octanol–water partition coefficient (Wildman–Crippen LogP) is 6.15. The first-order valence-corrected chi connectivity index (χ1v) is 11.5. The highest BCUT2D eigenvalue weighted by Gasteiger charge is 2.11. The molecule has 3 nitrogen and oxygen atoms in total. The Morgan fingerprint density at radius 3 is 2.07 bits per heavy atom. The fraction of sp³-hybridized carbons (Fsp3) is 0.680. The van der Waals surface area contributed by atoms with Crippen molar-refractivity contribution in [1.29, 1.82) is 0 Å². The van der Waals surface area contributed by atoms with Gasteiger partial charge in [0.25, 0.3) is 0 Å². The van der Waals surface area contributed by atoms with E-state index in [1.165, 1.54) is 70.6 Å². The van der Waals surface area contributed by atoms with E-state index >= 15 is 0 Å². The standard InChI is InChI=1S/C25H43NO2/c1-2-3-4-5-6-7-8-9-10-11-12-13-17-20-24(26)25(27)22-28-21-23-18-15-14-16-19-23/h14-20,24-25,27H,2-13,21-22,26H2,1H3/b20-17+/t24-,25-/m1/s1. The Hall–Kier alpha value is -1.16. The van der Waals surface area contributed by atoms with Crippen LogP contribution in [0.25, 0.3) is 0 Å². The van der Waals surface area contributed by atoms with Crippen LogP contribution in [-0.4, -0.2) is 23.9 Å². The van der Waals surface area contributed by atoms with Crippen molar-refractivity contribution in [1.82, 2.24) is 0 Å². The molecule has 3 N–H and O–H groups in total. The average Bonchev–Trinajstić information content (AvgIpc) is 2.72. The first kappa shape index (κ1) is 24.9. The molecule has 0 heterocycles. The van der Waals surface area contributed by atoms with Gasteiger partial charge in [-0.3, -0.25) is 0 Å². The van der Waals surface area contributed by atoms with Gasteiger partial charge in [-0.2, -0.15) is 0 Å². The minimum Gasteiger partial charge on any atom is -0.389 e. The summed E-state index contributed by atoms with van der Waals surface area (Å²) in [6, 6.07) is 9.62. The summed E-state index contributed by atoms with van der Waals surface area (Å²) in [7, 11) is 0. The Morgan fingerprint density at radius 1 is 0.893 bits per heavy atom. The van der Waals surface area contributed by atoms with Crippen LogP contribution in [0.2, 0.25) is 0 Å². The number of allylic oxidation sites excluding steroid dienone is 1. The molecule has 3 heteroatoms. The van der Waals surface area contributed by atoms with Crippen molar-refractivity contribution < 1.29 is 9.84 Å². The van der Waals surface area contributed by atoms with E-state index in [0.717, 1.165) is 12.0 Å². The summed E-state index contributed by atoms with van der Waals surface area (Å²) in [5.41, 5.74) is 7.13. The van der Waals surface area contributed by atoms with Crippen LogP contribution in [0.3, 0.4) is 0 Å². The fourth-order valence-corrected chi connectivity index (χ4v) is 3.29. The van der Waals surface area contributed by atoms with Crippen LogP contribution in [0.5, 0.6) is 0 Å².